The van der Waals surface area contributed by atoms with E-state index in [2.05, 4.69) is 4.99 Å². The summed E-state index contributed by atoms with van der Waals surface area (Å²) < 4.78 is 0. The van der Waals surface area contributed by atoms with Gasteiger partial charge in [-0.05, 0) is 26.8 Å². The smallest absolute Gasteiger partial charge is 0.159 e. The lowest BCUT2D eigenvalue weighted by atomic mass is 10.2. The summed E-state index contributed by atoms with van der Waals surface area (Å²) in [6, 6.07) is 0. The number of allylic oxidation sites excluding steroid dienone is 3. The average molecular weight is 151 g/mol. The monoisotopic (exact) mass is 151 g/mol. The molecule has 0 N–H and O–H groups in total. The van der Waals surface area contributed by atoms with E-state index in [1.165, 1.54) is 6.92 Å². The lowest BCUT2D eigenvalue weighted by Gasteiger charge is -1.90. The second-order valence-electron chi connectivity index (χ2n) is 2.02. The van der Waals surface area contributed by atoms with E-state index in [1.54, 1.807) is 24.6 Å². The lowest BCUT2D eigenvalue weighted by molar-refractivity contribution is -0.113. The summed E-state index contributed by atoms with van der Waals surface area (Å²) in [5.41, 5.74) is 0.690. The van der Waals surface area contributed by atoms with Gasteiger partial charge in [-0.25, -0.2) is 0 Å². The van der Waals surface area contributed by atoms with Crippen LogP contribution in [0.5, 0.6) is 0 Å². The molecular formula is C9H13NO. The molecule has 2 heteroatoms. The number of Topliss-reactive ketones (excluding diaryl/α,β-unsaturated/α-hetero) is 1. The van der Waals surface area contributed by atoms with Gasteiger partial charge in [0.2, 0.25) is 0 Å². The third kappa shape index (κ3) is 4.25. The lowest BCUT2D eigenvalue weighted by Crippen LogP contribution is -1.91. The van der Waals surface area contributed by atoms with E-state index in [0.29, 0.717) is 5.57 Å². The molecule has 0 saturated heterocycles. The molecule has 0 rings (SSSR count). The molecule has 0 aliphatic rings. The molecule has 0 bridgehead atoms. The fourth-order valence-corrected chi connectivity index (χ4v) is 0.626. The minimum atomic E-state index is 0.0649. The van der Waals surface area contributed by atoms with Gasteiger partial charge in [-0.15, -0.1) is 0 Å². The molecular weight excluding hydrogens is 138 g/mol. The van der Waals surface area contributed by atoms with Crippen molar-refractivity contribution in [3.8, 4) is 0 Å². The van der Waals surface area contributed by atoms with Crippen LogP contribution in [0.25, 0.3) is 0 Å². The van der Waals surface area contributed by atoms with E-state index >= 15 is 0 Å². The Kier molecular flexibility index (Phi) is 4.99. The molecule has 2 nitrogen and oxygen atoms in total. The number of hydrogen-bond donors (Lipinski definition) is 0. The molecule has 0 radical (unpaired) electrons. The van der Waals surface area contributed by atoms with Crippen LogP contribution in [-0.2, 0) is 4.79 Å². The summed E-state index contributed by atoms with van der Waals surface area (Å²) >= 11 is 0. The Bertz CT molecular complexity index is 212. The first-order valence-corrected chi connectivity index (χ1v) is 3.54. The van der Waals surface area contributed by atoms with Gasteiger partial charge in [0.05, 0.1) is 0 Å². The molecule has 60 valence electrons. The van der Waals surface area contributed by atoms with Gasteiger partial charge < -0.3 is 0 Å². The van der Waals surface area contributed by atoms with Crippen molar-refractivity contribution in [3.63, 3.8) is 0 Å². The first kappa shape index (κ1) is 9.82. The van der Waals surface area contributed by atoms with Crippen LogP contribution in [0.2, 0.25) is 0 Å². The Morgan fingerprint density at radius 2 is 2.00 bits per heavy atom. The number of hydrogen-bond acceptors (Lipinski definition) is 2. The molecule has 0 unspecified atom stereocenters. The highest BCUT2D eigenvalue weighted by Crippen LogP contribution is 1.97. The highest BCUT2D eigenvalue weighted by Gasteiger charge is 1.94. The SMILES string of the molecule is C\C=N/C=C\C(=C\C)C(C)=O. The Morgan fingerprint density at radius 1 is 1.36 bits per heavy atom. The predicted molar refractivity (Wildman–Crippen MR) is 47.7 cm³/mol. The second kappa shape index (κ2) is 5.59. The second-order valence-corrected chi connectivity index (χ2v) is 2.02. The first-order valence-electron chi connectivity index (χ1n) is 3.54. The molecule has 0 atom stereocenters. The van der Waals surface area contributed by atoms with Crippen LogP contribution in [0.15, 0.2) is 28.9 Å². The van der Waals surface area contributed by atoms with Crippen molar-refractivity contribution in [1.29, 1.82) is 0 Å². The van der Waals surface area contributed by atoms with E-state index in [-0.39, 0.29) is 5.78 Å². The summed E-state index contributed by atoms with van der Waals surface area (Å²) in [5, 5.41) is 0. The van der Waals surface area contributed by atoms with Gasteiger partial charge in [-0.1, -0.05) is 6.08 Å². The van der Waals surface area contributed by atoms with Crippen LogP contribution in [0.1, 0.15) is 20.8 Å². The molecule has 0 aromatic carbocycles. The quantitative estimate of drug-likeness (QED) is 0.345. The molecule has 0 fully saturated rings. The van der Waals surface area contributed by atoms with Crippen LogP contribution >= 0.6 is 0 Å². The van der Waals surface area contributed by atoms with Crippen LogP contribution in [0.3, 0.4) is 0 Å². The first-order chi connectivity index (χ1) is 5.22. The maximum Gasteiger partial charge on any atom is 0.159 e. The maximum absolute atomic E-state index is 10.8. The largest absolute Gasteiger partial charge is 0.295 e. The molecule has 0 aliphatic heterocycles. The van der Waals surface area contributed by atoms with Gasteiger partial charge >= 0.3 is 0 Å². The zero-order chi connectivity index (χ0) is 8.69. The standard InChI is InChI=1S/C9H13NO/c1-4-9(8(3)11)6-7-10-5-2/h4-7H,1-3H3/b7-6-,9-4-,10-5-. The average Bonchev–Trinajstić information content (AvgIpc) is 1.97. The molecule has 0 aromatic heterocycles. The molecule has 0 heterocycles. The summed E-state index contributed by atoms with van der Waals surface area (Å²) in [6.07, 6.45) is 6.74. The van der Waals surface area contributed by atoms with Gasteiger partial charge in [-0.2, -0.15) is 0 Å². The van der Waals surface area contributed by atoms with Gasteiger partial charge in [-0.3, -0.25) is 9.79 Å². The van der Waals surface area contributed by atoms with Gasteiger partial charge in [0.25, 0.3) is 0 Å². The molecule has 0 amide bonds. The van der Waals surface area contributed by atoms with Crippen LogP contribution < -0.4 is 0 Å². The number of aliphatic imine (C=N–C) groups is 1. The van der Waals surface area contributed by atoms with Crippen molar-refractivity contribution in [2.75, 3.05) is 0 Å². The summed E-state index contributed by atoms with van der Waals surface area (Å²) in [7, 11) is 0. The Morgan fingerprint density at radius 3 is 2.36 bits per heavy atom. The summed E-state index contributed by atoms with van der Waals surface area (Å²) in [4.78, 5) is 14.6. The highest BCUT2D eigenvalue weighted by molar-refractivity contribution is 5.95. The zero-order valence-corrected chi connectivity index (χ0v) is 7.16. The van der Waals surface area contributed by atoms with E-state index in [4.69, 9.17) is 0 Å². The van der Waals surface area contributed by atoms with Gasteiger partial charge in [0, 0.05) is 18.0 Å². The normalized spacial score (nSPS) is 13.2. The fraction of sp³-hybridized carbons (Fsp3) is 0.333. The molecule has 0 saturated carbocycles. The number of nitrogens with zero attached hydrogens (tertiary/aromatic N) is 1. The third-order valence-corrected chi connectivity index (χ3v) is 1.21. The minimum Gasteiger partial charge on any atom is -0.295 e. The zero-order valence-electron chi connectivity index (χ0n) is 7.16. The summed E-state index contributed by atoms with van der Waals surface area (Å²) in [6.45, 7) is 5.19. The van der Waals surface area contributed by atoms with Crippen LogP contribution in [0.4, 0.5) is 0 Å². The van der Waals surface area contributed by atoms with E-state index in [1.807, 2.05) is 13.8 Å². The van der Waals surface area contributed by atoms with E-state index in [9.17, 15) is 4.79 Å². The van der Waals surface area contributed by atoms with Crippen LogP contribution in [-0.4, -0.2) is 12.0 Å². The molecule has 0 aliphatic carbocycles. The molecule has 0 spiro atoms. The Labute approximate surface area is 67.3 Å². The van der Waals surface area contributed by atoms with Crippen molar-refractivity contribution in [3.05, 3.63) is 23.9 Å². The topological polar surface area (TPSA) is 29.4 Å². The third-order valence-electron chi connectivity index (χ3n) is 1.21. The van der Waals surface area contributed by atoms with Gasteiger partial charge in [0.1, 0.15) is 0 Å². The maximum atomic E-state index is 10.8. The van der Waals surface area contributed by atoms with Crippen molar-refractivity contribution in [2.45, 2.75) is 20.8 Å². The Hall–Kier alpha value is -1.18. The Balaban J connectivity index is 4.22. The molecule has 0 aromatic rings. The number of ketones is 1. The highest BCUT2D eigenvalue weighted by atomic mass is 16.1. The summed E-state index contributed by atoms with van der Waals surface area (Å²) in [5.74, 6) is 0.0649. The van der Waals surface area contributed by atoms with Crippen molar-refractivity contribution in [2.24, 2.45) is 4.99 Å². The van der Waals surface area contributed by atoms with Crippen LogP contribution in [0, 0.1) is 0 Å². The molecule has 11 heavy (non-hydrogen) atoms. The van der Waals surface area contributed by atoms with E-state index < -0.39 is 0 Å². The number of rotatable bonds is 3. The van der Waals surface area contributed by atoms with Gasteiger partial charge in [0.15, 0.2) is 5.78 Å². The number of carbonyl (C=O) groups excluding carboxylic acids is 1. The van der Waals surface area contributed by atoms with Crippen molar-refractivity contribution < 1.29 is 4.79 Å². The predicted octanol–water partition coefficient (Wildman–Crippen LogP) is 2.13. The minimum absolute atomic E-state index is 0.0649. The number of carbonyl (C=O) groups is 1. The fourth-order valence-electron chi connectivity index (χ4n) is 0.626. The van der Waals surface area contributed by atoms with E-state index in [0.717, 1.165) is 0 Å². The van der Waals surface area contributed by atoms with Crippen molar-refractivity contribution in [1.82, 2.24) is 0 Å². The van der Waals surface area contributed by atoms with Crippen molar-refractivity contribution >= 4 is 12.0 Å².